The molecule has 0 atom stereocenters. The van der Waals surface area contributed by atoms with E-state index in [2.05, 4.69) is 38.1 Å². The lowest BCUT2D eigenvalue weighted by Gasteiger charge is -2.29. The number of nitrogens with one attached hydrogen (secondary N) is 1. The molecule has 230 valence electrons. The number of pyridine rings is 1. The molecule has 44 heavy (non-hydrogen) atoms. The van der Waals surface area contributed by atoms with Gasteiger partial charge >= 0.3 is 0 Å². The number of hydrogen-bond acceptors (Lipinski definition) is 10. The van der Waals surface area contributed by atoms with Gasteiger partial charge in [-0.2, -0.15) is 5.10 Å². The van der Waals surface area contributed by atoms with E-state index in [9.17, 15) is 4.79 Å². The number of hydrogen-bond donors (Lipinski definition) is 3. The topological polar surface area (TPSA) is 172 Å². The molecule has 6 rings (SSSR count). The van der Waals surface area contributed by atoms with Crippen molar-refractivity contribution < 1.29 is 19.0 Å². The highest BCUT2D eigenvalue weighted by Crippen LogP contribution is 2.31. The molecule has 0 radical (unpaired) electrons. The van der Waals surface area contributed by atoms with Crippen LogP contribution in [0.1, 0.15) is 23.1 Å². The van der Waals surface area contributed by atoms with E-state index >= 15 is 0 Å². The number of H-pyrrole nitrogens is 1. The number of fused-ring (bicyclic) bond motifs is 3. The summed E-state index contributed by atoms with van der Waals surface area (Å²) in [4.78, 5) is 31.1. The molecule has 1 aliphatic heterocycles. The van der Waals surface area contributed by atoms with Crippen LogP contribution in [0.2, 0.25) is 0 Å². The third-order valence-corrected chi connectivity index (χ3v) is 7.67. The minimum atomic E-state index is 0.0935. The van der Waals surface area contributed by atoms with Gasteiger partial charge in [0.15, 0.2) is 5.65 Å². The van der Waals surface area contributed by atoms with Crippen LogP contribution >= 0.6 is 0 Å². The van der Waals surface area contributed by atoms with Crippen LogP contribution in [0.15, 0.2) is 49.1 Å². The lowest BCUT2D eigenvalue weighted by Crippen LogP contribution is -2.36. The quantitative estimate of drug-likeness (QED) is 0.161. The average Bonchev–Trinajstić information content (AvgIpc) is 3.66. The Labute approximate surface area is 254 Å². The molecule has 5 heterocycles. The molecule has 0 saturated heterocycles. The Balaban J connectivity index is 1.06. The third-order valence-electron chi connectivity index (χ3n) is 7.67. The first-order valence-electron chi connectivity index (χ1n) is 14.8. The Bertz CT molecular complexity index is 1730. The van der Waals surface area contributed by atoms with Crippen molar-refractivity contribution >= 4 is 33.8 Å². The fourth-order valence-electron chi connectivity index (χ4n) is 5.45. The van der Waals surface area contributed by atoms with Crippen molar-refractivity contribution in [2.24, 2.45) is 5.73 Å². The van der Waals surface area contributed by atoms with E-state index in [0.29, 0.717) is 94.8 Å². The molecule has 0 saturated carbocycles. The minimum Gasteiger partial charge on any atom is -0.383 e. The minimum absolute atomic E-state index is 0.0935. The van der Waals surface area contributed by atoms with Crippen LogP contribution in [0.4, 0.5) is 5.82 Å². The Morgan fingerprint density at radius 2 is 1.77 bits per heavy atom. The molecule has 5 aromatic rings. The van der Waals surface area contributed by atoms with Gasteiger partial charge in [-0.3, -0.25) is 4.79 Å². The summed E-state index contributed by atoms with van der Waals surface area (Å²) in [5.41, 5.74) is 18.2. The number of nitrogens with two attached hydrogens (primary N) is 2. The van der Waals surface area contributed by atoms with Gasteiger partial charge in [-0.15, -0.1) is 0 Å². The summed E-state index contributed by atoms with van der Waals surface area (Å²) in [6, 6.07) is 10.4. The van der Waals surface area contributed by atoms with Crippen LogP contribution in [0.5, 0.6) is 0 Å². The van der Waals surface area contributed by atoms with E-state index in [4.69, 9.17) is 30.8 Å². The van der Waals surface area contributed by atoms with Crippen LogP contribution in [0, 0.1) is 0 Å². The number of carbonyl (C=O) groups excluding carboxylic acids is 1. The fourth-order valence-corrected chi connectivity index (χ4v) is 5.45. The van der Waals surface area contributed by atoms with Crippen molar-refractivity contribution in [1.82, 2.24) is 34.6 Å². The van der Waals surface area contributed by atoms with Gasteiger partial charge in [0, 0.05) is 43.0 Å². The summed E-state index contributed by atoms with van der Waals surface area (Å²) in [5, 5.41) is 6.62. The normalized spacial score (nSPS) is 13.2. The summed E-state index contributed by atoms with van der Waals surface area (Å²) in [6.45, 7) is 5.13. The fraction of sp³-hybridized carbons (Fsp3) is 0.387. The van der Waals surface area contributed by atoms with E-state index in [-0.39, 0.29) is 5.91 Å². The third kappa shape index (κ3) is 6.70. The smallest absolute Gasteiger partial charge is 0.225 e. The highest BCUT2D eigenvalue weighted by Gasteiger charge is 2.22. The zero-order valence-corrected chi connectivity index (χ0v) is 24.6. The Kier molecular flexibility index (Phi) is 9.37. The first-order chi connectivity index (χ1) is 21.6. The zero-order chi connectivity index (χ0) is 30.3. The van der Waals surface area contributed by atoms with Crippen molar-refractivity contribution in [2.75, 3.05) is 58.5 Å². The number of aromatic nitrogens is 6. The van der Waals surface area contributed by atoms with Crippen LogP contribution in [-0.4, -0.2) is 93.3 Å². The molecule has 0 spiro atoms. The maximum absolute atomic E-state index is 12.8. The predicted octanol–water partition coefficient (Wildman–Crippen LogP) is 2.28. The summed E-state index contributed by atoms with van der Waals surface area (Å²) in [5.74, 6) is 0.472. The zero-order valence-electron chi connectivity index (χ0n) is 24.6. The van der Waals surface area contributed by atoms with Gasteiger partial charge in [-0.25, -0.2) is 19.6 Å². The van der Waals surface area contributed by atoms with Crippen LogP contribution < -0.4 is 11.5 Å². The second kappa shape index (κ2) is 13.9. The highest BCUT2D eigenvalue weighted by molar-refractivity contribution is 5.99. The van der Waals surface area contributed by atoms with E-state index in [1.165, 1.54) is 11.9 Å². The number of nitrogens with zero attached hydrogens (tertiary/aromatic N) is 6. The van der Waals surface area contributed by atoms with Crippen LogP contribution in [-0.2, 0) is 38.5 Å². The maximum atomic E-state index is 12.8. The number of nitrogen functional groups attached to an aromatic ring is 1. The second-order valence-corrected chi connectivity index (χ2v) is 10.6. The molecule has 0 bridgehead atoms. The molecule has 4 aromatic heterocycles. The van der Waals surface area contributed by atoms with Crippen molar-refractivity contribution in [3.63, 3.8) is 0 Å². The van der Waals surface area contributed by atoms with Crippen LogP contribution in [0.25, 0.3) is 33.3 Å². The van der Waals surface area contributed by atoms with Crippen molar-refractivity contribution in [1.29, 1.82) is 0 Å². The molecule has 1 amide bonds. The molecule has 0 aliphatic carbocycles. The molecule has 5 N–H and O–H groups in total. The second-order valence-electron chi connectivity index (χ2n) is 10.6. The van der Waals surface area contributed by atoms with Crippen LogP contribution in [0.3, 0.4) is 0 Å². The Morgan fingerprint density at radius 1 is 0.955 bits per heavy atom. The van der Waals surface area contributed by atoms with Crippen molar-refractivity contribution in [3.05, 3.63) is 65.7 Å². The molecule has 1 aliphatic rings. The number of carbonyl (C=O) groups is 1. The monoisotopic (exact) mass is 599 g/mol. The standard InChI is InChI=1S/C31H37N9O4/c32-6-10-43-12-14-44-13-11-42-9-5-26(41)39-8-4-22-15-21(1-2-24(22)19-39)18-40-31-27(29(33)36-20-37-31)28(38-40)25-16-23-3-7-34-30(23)35-17-25/h1-3,7,15-17,20H,4-6,8-14,18-19,32H2,(H,34,35)(H2,33,36,37). The van der Waals surface area contributed by atoms with E-state index < -0.39 is 0 Å². The molecule has 13 nitrogen and oxygen atoms in total. The lowest BCUT2D eigenvalue weighted by atomic mass is 9.97. The van der Waals surface area contributed by atoms with Gasteiger partial charge in [0.1, 0.15) is 23.5 Å². The van der Waals surface area contributed by atoms with Gasteiger partial charge in [0.05, 0.1) is 58.0 Å². The number of amides is 1. The summed E-state index contributed by atoms with van der Waals surface area (Å²) in [6.07, 6.45) is 6.24. The number of rotatable bonds is 14. The highest BCUT2D eigenvalue weighted by atomic mass is 16.5. The largest absolute Gasteiger partial charge is 0.383 e. The first kappa shape index (κ1) is 29.6. The van der Waals surface area contributed by atoms with Gasteiger partial charge in [-0.1, -0.05) is 18.2 Å². The first-order valence-corrected chi connectivity index (χ1v) is 14.8. The number of benzene rings is 1. The van der Waals surface area contributed by atoms with Crippen molar-refractivity contribution in [3.8, 4) is 11.3 Å². The summed E-state index contributed by atoms with van der Waals surface area (Å²) >= 11 is 0. The van der Waals surface area contributed by atoms with Gasteiger partial charge in [0.25, 0.3) is 0 Å². The molecule has 0 unspecified atom stereocenters. The molecule has 1 aromatic carbocycles. The SMILES string of the molecule is NCCOCCOCCOCCC(=O)N1CCc2cc(Cn3nc(-c4cnc5[nH]ccc5c4)c4c(N)ncnc43)ccc2C1. The van der Waals surface area contributed by atoms with Gasteiger partial charge in [-0.05, 0) is 35.2 Å². The number of anilines is 1. The molecular formula is C31H37N9O4. The maximum Gasteiger partial charge on any atom is 0.225 e. The van der Waals surface area contributed by atoms with Crippen molar-refractivity contribution in [2.45, 2.75) is 25.9 Å². The van der Waals surface area contributed by atoms with E-state index in [1.54, 1.807) is 6.20 Å². The summed E-state index contributed by atoms with van der Waals surface area (Å²) < 4.78 is 18.1. The number of ether oxygens (including phenoxy) is 3. The molecule has 0 fully saturated rings. The Morgan fingerprint density at radius 3 is 2.61 bits per heavy atom. The lowest BCUT2D eigenvalue weighted by molar-refractivity contribution is -0.133. The average molecular weight is 600 g/mol. The molecular weight excluding hydrogens is 562 g/mol. The van der Waals surface area contributed by atoms with E-state index in [0.717, 1.165) is 34.1 Å². The van der Waals surface area contributed by atoms with E-state index in [1.807, 2.05) is 27.9 Å². The summed E-state index contributed by atoms with van der Waals surface area (Å²) in [7, 11) is 0. The Hall–Kier alpha value is -4.43. The van der Waals surface area contributed by atoms with Gasteiger partial charge < -0.3 is 35.6 Å². The predicted molar refractivity (Wildman–Crippen MR) is 166 cm³/mol. The molecule has 13 heteroatoms. The van der Waals surface area contributed by atoms with Gasteiger partial charge in [0.2, 0.25) is 5.91 Å². The number of aromatic amines is 1.